The molecular weight excluding hydrogens is 469 g/mol. The van der Waals surface area contributed by atoms with E-state index in [1.165, 1.54) is 39.3 Å². The Balaban J connectivity index is 1.80. The quantitative estimate of drug-likeness (QED) is 0.600. The predicted molar refractivity (Wildman–Crippen MR) is 117 cm³/mol. The van der Waals surface area contributed by atoms with Crippen LogP contribution in [0.4, 0.5) is 10.5 Å². The van der Waals surface area contributed by atoms with Crippen molar-refractivity contribution < 1.29 is 23.9 Å². The van der Waals surface area contributed by atoms with Gasteiger partial charge in [0.15, 0.2) is 0 Å². The Morgan fingerprint density at radius 1 is 1.06 bits per heavy atom. The van der Waals surface area contributed by atoms with Gasteiger partial charge in [-0.25, -0.2) is 4.79 Å². The van der Waals surface area contributed by atoms with E-state index in [9.17, 15) is 14.4 Å². The second-order valence-corrected chi connectivity index (χ2v) is 8.06. The summed E-state index contributed by atoms with van der Waals surface area (Å²) >= 11 is 18.2. The van der Waals surface area contributed by atoms with E-state index in [0.717, 1.165) is 4.90 Å². The molecule has 4 amide bonds. The number of nitrogens with zero attached hydrogens (tertiary/aromatic N) is 1. The molecule has 0 saturated carbocycles. The first kappa shape index (κ1) is 23.0. The molecule has 2 aromatic carbocycles. The van der Waals surface area contributed by atoms with Crippen molar-refractivity contribution in [3.8, 4) is 11.5 Å². The molecule has 2 aromatic rings. The number of rotatable bonds is 6. The zero-order valence-corrected chi connectivity index (χ0v) is 19.0. The number of carbonyl (C=O) groups is 3. The number of hydrogen-bond donors (Lipinski definition) is 2. The van der Waals surface area contributed by atoms with Gasteiger partial charge in [0.05, 0.1) is 24.9 Å². The van der Waals surface area contributed by atoms with Crippen LogP contribution in [0.3, 0.4) is 0 Å². The molecule has 1 unspecified atom stereocenters. The summed E-state index contributed by atoms with van der Waals surface area (Å²) in [6.07, 6.45) is 0. The number of amides is 4. The summed E-state index contributed by atoms with van der Waals surface area (Å²) in [5, 5.41) is 6.03. The summed E-state index contributed by atoms with van der Waals surface area (Å²) < 4.78 is 10.3. The van der Waals surface area contributed by atoms with Crippen LogP contribution in [0.15, 0.2) is 30.3 Å². The van der Waals surface area contributed by atoms with Gasteiger partial charge in [-0.05, 0) is 25.1 Å². The topological polar surface area (TPSA) is 97.0 Å². The van der Waals surface area contributed by atoms with Crippen molar-refractivity contribution in [2.45, 2.75) is 12.5 Å². The second-order valence-electron chi connectivity index (χ2n) is 6.81. The fourth-order valence-electron chi connectivity index (χ4n) is 3.21. The van der Waals surface area contributed by atoms with E-state index >= 15 is 0 Å². The van der Waals surface area contributed by atoms with Gasteiger partial charge in [0.25, 0.3) is 5.91 Å². The maximum atomic E-state index is 13.0. The average Bonchev–Trinajstić information content (AvgIpc) is 2.91. The minimum Gasteiger partial charge on any atom is -0.495 e. The SMILES string of the molecule is COc1cc(OC)c(NC(=O)CN2C(=O)NC(C)(c3ccc(Cl)cc3Cl)C2=O)cc1Cl. The van der Waals surface area contributed by atoms with Crippen molar-refractivity contribution in [2.75, 3.05) is 26.1 Å². The number of methoxy groups -OCH3 is 2. The van der Waals surface area contributed by atoms with Gasteiger partial charge in [0.1, 0.15) is 23.6 Å². The van der Waals surface area contributed by atoms with Crippen molar-refractivity contribution >= 4 is 58.3 Å². The molecule has 0 aromatic heterocycles. The van der Waals surface area contributed by atoms with Gasteiger partial charge in [-0.2, -0.15) is 0 Å². The number of carbonyl (C=O) groups excluding carboxylic acids is 3. The smallest absolute Gasteiger partial charge is 0.325 e. The summed E-state index contributed by atoms with van der Waals surface area (Å²) in [5.74, 6) is -0.600. The van der Waals surface area contributed by atoms with Gasteiger partial charge in [0, 0.05) is 21.7 Å². The third-order valence-corrected chi connectivity index (χ3v) is 5.64. The Morgan fingerprint density at radius 3 is 2.35 bits per heavy atom. The van der Waals surface area contributed by atoms with Gasteiger partial charge < -0.3 is 20.1 Å². The first-order chi connectivity index (χ1) is 14.6. The third-order valence-electron chi connectivity index (χ3n) is 4.79. The second kappa shape index (κ2) is 8.82. The van der Waals surface area contributed by atoms with E-state index < -0.39 is 29.9 Å². The Labute approximate surface area is 193 Å². The van der Waals surface area contributed by atoms with Crippen LogP contribution >= 0.6 is 34.8 Å². The number of anilines is 1. The number of ether oxygens (including phenoxy) is 2. The molecule has 8 nitrogen and oxygen atoms in total. The first-order valence-corrected chi connectivity index (χ1v) is 10.0. The van der Waals surface area contributed by atoms with Crippen molar-refractivity contribution in [1.82, 2.24) is 10.2 Å². The predicted octanol–water partition coefficient (Wildman–Crippen LogP) is 4.07. The zero-order valence-electron chi connectivity index (χ0n) is 16.7. The Kier molecular flexibility index (Phi) is 6.54. The van der Waals surface area contributed by atoms with Crippen LogP contribution in [0.25, 0.3) is 0 Å². The monoisotopic (exact) mass is 485 g/mol. The molecule has 0 spiro atoms. The Morgan fingerprint density at radius 2 is 1.74 bits per heavy atom. The molecule has 0 aliphatic carbocycles. The van der Waals surface area contributed by atoms with Crippen molar-refractivity contribution in [2.24, 2.45) is 0 Å². The molecule has 31 heavy (non-hydrogen) atoms. The highest BCUT2D eigenvalue weighted by Gasteiger charge is 2.50. The van der Waals surface area contributed by atoms with Crippen LogP contribution in [-0.4, -0.2) is 43.5 Å². The van der Waals surface area contributed by atoms with Gasteiger partial charge in [0.2, 0.25) is 5.91 Å². The zero-order chi connectivity index (χ0) is 22.9. The number of halogens is 3. The minimum atomic E-state index is -1.44. The lowest BCUT2D eigenvalue weighted by Gasteiger charge is -2.23. The molecule has 1 aliphatic rings. The Bertz CT molecular complexity index is 1080. The third kappa shape index (κ3) is 4.37. The highest BCUT2D eigenvalue weighted by molar-refractivity contribution is 6.35. The summed E-state index contributed by atoms with van der Waals surface area (Å²) in [4.78, 5) is 38.9. The van der Waals surface area contributed by atoms with Gasteiger partial charge in [-0.1, -0.05) is 40.9 Å². The first-order valence-electron chi connectivity index (χ1n) is 8.91. The van der Waals surface area contributed by atoms with Crippen LogP contribution < -0.4 is 20.1 Å². The van der Waals surface area contributed by atoms with Gasteiger partial charge in [-0.15, -0.1) is 0 Å². The summed E-state index contributed by atoms with van der Waals surface area (Å²) in [7, 11) is 2.86. The van der Waals surface area contributed by atoms with E-state index in [4.69, 9.17) is 44.3 Å². The molecule has 11 heteroatoms. The summed E-state index contributed by atoms with van der Waals surface area (Å²) in [6.45, 7) is 0.977. The van der Waals surface area contributed by atoms with E-state index in [0.29, 0.717) is 22.1 Å². The highest BCUT2D eigenvalue weighted by atomic mass is 35.5. The number of nitrogens with one attached hydrogen (secondary N) is 2. The highest BCUT2D eigenvalue weighted by Crippen LogP contribution is 2.37. The fourth-order valence-corrected chi connectivity index (χ4v) is 4.05. The lowest BCUT2D eigenvalue weighted by Crippen LogP contribution is -2.42. The van der Waals surface area contributed by atoms with Crippen LogP contribution in [0, 0.1) is 0 Å². The minimum absolute atomic E-state index is 0.215. The summed E-state index contributed by atoms with van der Waals surface area (Å²) in [6, 6.07) is 6.80. The molecular formula is C20H18Cl3N3O5. The van der Waals surface area contributed by atoms with Gasteiger partial charge >= 0.3 is 6.03 Å². The Hall–Kier alpha value is -2.68. The number of imide groups is 1. The van der Waals surface area contributed by atoms with Crippen molar-refractivity contribution in [3.05, 3.63) is 51.0 Å². The molecule has 0 bridgehead atoms. The van der Waals surface area contributed by atoms with Crippen LogP contribution in [0.2, 0.25) is 15.1 Å². The van der Waals surface area contributed by atoms with Gasteiger partial charge in [-0.3, -0.25) is 14.5 Å². The van der Waals surface area contributed by atoms with E-state index in [1.54, 1.807) is 12.1 Å². The van der Waals surface area contributed by atoms with Crippen LogP contribution in [-0.2, 0) is 15.1 Å². The molecule has 1 saturated heterocycles. The van der Waals surface area contributed by atoms with E-state index in [2.05, 4.69) is 10.6 Å². The maximum absolute atomic E-state index is 13.0. The van der Waals surface area contributed by atoms with E-state index in [1.807, 2.05) is 0 Å². The molecule has 0 radical (unpaired) electrons. The molecule has 1 atom stereocenters. The number of hydrogen-bond acceptors (Lipinski definition) is 5. The lowest BCUT2D eigenvalue weighted by molar-refractivity contribution is -0.133. The number of urea groups is 1. The van der Waals surface area contributed by atoms with Crippen LogP contribution in [0.5, 0.6) is 11.5 Å². The largest absolute Gasteiger partial charge is 0.495 e. The number of benzene rings is 2. The molecule has 1 heterocycles. The van der Waals surface area contributed by atoms with Crippen molar-refractivity contribution in [1.29, 1.82) is 0 Å². The molecule has 1 fully saturated rings. The molecule has 1 aliphatic heterocycles. The summed E-state index contributed by atoms with van der Waals surface area (Å²) in [5.41, 5.74) is -0.822. The normalized spacial score (nSPS) is 18.1. The van der Waals surface area contributed by atoms with Crippen molar-refractivity contribution in [3.63, 3.8) is 0 Å². The maximum Gasteiger partial charge on any atom is 0.325 e. The fraction of sp³-hybridized carbons (Fsp3) is 0.250. The molecule has 3 rings (SSSR count). The lowest BCUT2D eigenvalue weighted by atomic mass is 9.92. The molecule has 2 N–H and O–H groups in total. The standard InChI is InChI=1S/C20H18Cl3N3O5/c1-20(11-5-4-10(21)6-12(11)22)18(28)26(19(29)25-20)9-17(27)24-14-7-13(23)15(30-2)8-16(14)31-3/h4-8H,9H2,1-3H3,(H,24,27)(H,25,29). The molecule has 164 valence electrons. The van der Waals surface area contributed by atoms with E-state index in [-0.39, 0.29) is 15.7 Å². The van der Waals surface area contributed by atoms with Crippen LogP contribution in [0.1, 0.15) is 12.5 Å². The average molecular weight is 487 g/mol.